The van der Waals surface area contributed by atoms with Crippen LogP contribution in [0.1, 0.15) is 55.1 Å². The van der Waals surface area contributed by atoms with Crippen molar-refractivity contribution in [3.63, 3.8) is 0 Å². The summed E-state index contributed by atoms with van der Waals surface area (Å²) in [7, 11) is 0. The molecule has 10 heteroatoms. The van der Waals surface area contributed by atoms with Gasteiger partial charge in [-0.05, 0) is 87.8 Å². The minimum Gasteiger partial charge on any atom is -0.382 e. The molecule has 0 radical (unpaired) electrons. The Hall–Kier alpha value is -4.49. The molecule has 4 aromatic rings. The van der Waals surface area contributed by atoms with Gasteiger partial charge in [0.2, 0.25) is 5.95 Å². The Morgan fingerprint density at radius 2 is 1.80 bits per heavy atom. The van der Waals surface area contributed by atoms with Gasteiger partial charge in [-0.2, -0.15) is 15.2 Å². The fourth-order valence-electron chi connectivity index (χ4n) is 5.74. The third-order valence-electron chi connectivity index (χ3n) is 7.87. The summed E-state index contributed by atoms with van der Waals surface area (Å²) in [5.74, 6) is 0.998. The molecule has 6 rings (SSSR count). The summed E-state index contributed by atoms with van der Waals surface area (Å²) >= 11 is 0. The quantitative estimate of drug-likeness (QED) is 0.290. The highest BCUT2D eigenvalue weighted by molar-refractivity contribution is 5.82. The molecule has 2 fully saturated rings. The van der Waals surface area contributed by atoms with E-state index in [4.69, 9.17) is 16.5 Å². The Morgan fingerprint density at radius 3 is 2.52 bits per heavy atom. The molecule has 0 spiro atoms. The zero-order valence-electron chi connectivity index (χ0n) is 22.4. The van der Waals surface area contributed by atoms with Crippen LogP contribution in [0.15, 0.2) is 53.3 Å². The van der Waals surface area contributed by atoms with Crippen LogP contribution < -0.4 is 22.3 Å². The topological polar surface area (TPSA) is 152 Å². The van der Waals surface area contributed by atoms with Crippen molar-refractivity contribution in [3.05, 3.63) is 75.8 Å². The van der Waals surface area contributed by atoms with E-state index in [0.29, 0.717) is 16.7 Å². The van der Waals surface area contributed by atoms with Crippen molar-refractivity contribution in [2.75, 3.05) is 36.4 Å². The predicted molar refractivity (Wildman–Crippen MR) is 156 cm³/mol. The average molecular weight is 536 g/mol. The summed E-state index contributed by atoms with van der Waals surface area (Å²) in [6.07, 6.45) is 6.25. The highest BCUT2D eigenvalue weighted by Crippen LogP contribution is 2.43. The van der Waals surface area contributed by atoms with E-state index in [0.717, 1.165) is 56.6 Å². The van der Waals surface area contributed by atoms with Crippen molar-refractivity contribution in [1.29, 1.82) is 5.26 Å². The minimum atomic E-state index is -0.392. The van der Waals surface area contributed by atoms with Gasteiger partial charge in [0.1, 0.15) is 23.3 Å². The fraction of sp³-hybridized carbons (Fsp3) is 0.367. The third kappa shape index (κ3) is 5.08. The first-order valence-electron chi connectivity index (χ1n) is 14.0. The van der Waals surface area contributed by atoms with Gasteiger partial charge in [0.05, 0.1) is 22.6 Å². The Bertz CT molecular complexity index is 1630. The highest BCUT2D eigenvalue weighted by Gasteiger charge is 2.37. The molecular formula is C30H33N9O. The monoisotopic (exact) mass is 535 g/mol. The number of benzene rings is 2. The number of rotatable bonds is 9. The molecule has 0 bridgehead atoms. The molecule has 1 saturated carbocycles. The van der Waals surface area contributed by atoms with E-state index in [9.17, 15) is 10.1 Å². The van der Waals surface area contributed by atoms with Crippen molar-refractivity contribution >= 4 is 28.5 Å². The van der Waals surface area contributed by atoms with Crippen molar-refractivity contribution in [3.8, 4) is 11.8 Å². The van der Waals surface area contributed by atoms with Crippen LogP contribution in [0, 0.1) is 17.2 Å². The summed E-state index contributed by atoms with van der Waals surface area (Å²) in [6, 6.07) is 17.2. The summed E-state index contributed by atoms with van der Waals surface area (Å²) in [5.41, 5.74) is 14.3. The van der Waals surface area contributed by atoms with Crippen molar-refractivity contribution in [2.45, 2.75) is 44.6 Å². The van der Waals surface area contributed by atoms with E-state index < -0.39 is 6.04 Å². The Labute approximate surface area is 232 Å². The van der Waals surface area contributed by atoms with Crippen molar-refractivity contribution in [1.82, 2.24) is 24.4 Å². The Balaban J connectivity index is 1.47. The van der Waals surface area contributed by atoms with Gasteiger partial charge in [-0.25, -0.2) is 4.98 Å². The largest absolute Gasteiger partial charge is 0.382 e. The number of nitrogens with two attached hydrogens (primary N) is 2. The number of hydrogen-bond acceptors (Lipinski definition) is 9. The third-order valence-corrected chi connectivity index (χ3v) is 7.87. The number of likely N-dealkylation sites (tertiary alicyclic amines) is 1. The molecule has 1 saturated heterocycles. The Morgan fingerprint density at radius 1 is 1.02 bits per heavy atom. The van der Waals surface area contributed by atoms with Gasteiger partial charge in [-0.1, -0.05) is 30.3 Å². The average Bonchev–Trinajstić information content (AvgIpc) is 3.66. The molecule has 3 heterocycles. The lowest BCUT2D eigenvalue weighted by molar-refractivity contribution is 0.334. The minimum absolute atomic E-state index is 0.0116. The van der Waals surface area contributed by atoms with Crippen LogP contribution in [0.5, 0.6) is 0 Å². The van der Waals surface area contributed by atoms with E-state index in [-0.39, 0.29) is 34.6 Å². The molecule has 204 valence electrons. The predicted octanol–water partition coefficient (Wildman–Crippen LogP) is 3.80. The zero-order valence-corrected chi connectivity index (χ0v) is 22.4. The van der Waals surface area contributed by atoms with Gasteiger partial charge in [0.15, 0.2) is 5.82 Å². The highest BCUT2D eigenvalue weighted by atomic mass is 16.1. The zero-order chi connectivity index (χ0) is 27.6. The summed E-state index contributed by atoms with van der Waals surface area (Å²) < 4.78 is 1.71. The van der Waals surface area contributed by atoms with Gasteiger partial charge in [0.25, 0.3) is 5.56 Å². The second kappa shape index (κ2) is 10.9. The standard InChI is InChI=1S/C30H33N9O/c31-18-22-26(32)36-30(33)37-27(22)35-25(20-13-14-20)28-34-23-12-6-8-19(9-7-17-38-15-4-5-16-38)24(23)29(40)39(28)21-10-2-1-3-11-21/h1-3,6,8,10-12,20,25H,4-5,7,9,13-17H2,(H5,32,33,35,36,37)/t25-/m0/s1. The number of aromatic nitrogens is 4. The molecule has 2 aliphatic rings. The SMILES string of the molecule is N#Cc1c(N)nc(N)nc1N[C@H](c1nc2cccc(CCCN3CCCC3)c2c(=O)n1-c1ccccc1)C1CC1. The van der Waals surface area contributed by atoms with Crippen LogP contribution in [0.2, 0.25) is 0 Å². The van der Waals surface area contributed by atoms with E-state index in [1.165, 1.54) is 12.8 Å². The lowest BCUT2D eigenvalue weighted by Gasteiger charge is -2.24. The number of nitrogen functional groups attached to an aromatic ring is 2. The lowest BCUT2D eigenvalue weighted by Crippen LogP contribution is -2.30. The molecule has 2 aromatic heterocycles. The van der Waals surface area contributed by atoms with E-state index in [2.05, 4.69) is 26.3 Å². The number of anilines is 3. The van der Waals surface area contributed by atoms with E-state index in [1.807, 2.05) is 48.5 Å². The molecule has 40 heavy (non-hydrogen) atoms. The van der Waals surface area contributed by atoms with Crippen LogP contribution >= 0.6 is 0 Å². The number of nitrogens with zero attached hydrogens (tertiary/aromatic N) is 6. The van der Waals surface area contributed by atoms with Gasteiger partial charge in [0, 0.05) is 0 Å². The maximum Gasteiger partial charge on any atom is 0.266 e. The lowest BCUT2D eigenvalue weighted by atomic mass is 10.0. The van der Waals surface area contributed by atoms with Gasteiger partial charge in [-0.15, -0.1) is 0 Å². The maximum atomic E-state index is 14.4. The first-order valence-corrected chi connectivity index (χ1v) is 14.0. The van der Waals surface area contributed by atoms with E-state index >= 15 is 0 Å². The van der Waals surface area contributed by atoms with Crippen LogP contribution in [-0.4, -0.2) is 44.1 Å². The molecule has 0 unspecified atom stereocenters. The van der Waals surface area contributed by atoms with Crippen LogP contribution in [0.4, 0.5) is 17.6 Å². The molecular weight excluding hydrogens is 502 g/mol. The number of fused-ring (bicyclic) bond motifs is 1. The summed E-state index contributed by atoms with van der Waals surface area (Å²) in [5, 5.41) is 13.8. The smallest absolute Gasteiger partial charge is 0.266 e. The molecule has 1 aliphatic carbocycles. The van der Waals surface area contributed by atoms with Crippen LogP contribution in [0.25, 0.3) is 16.6 Å². The van der Waals surface area contributed by atoms with Gasteiger partial charge in [-0.3, -0.25) is 9.36 Å². The molecule has 2 aromatic carbocycles. The van der Waals surface area contributed by atoms with E-state index in [1.54, 1.807) is 4.57 Å². The molecule has 10 nitrogen and oxygen atoms in total. The number of nitriles is 1. The number of nitrogens with one attached hydrogen (secondary N) is 1. The Kier molecular flexibility index (Phi) is 7.05. The molecule has 1 aliphatic heterocycles. The second-order valence-electron chi connectivity index (χ2n) is 10.7. The van der Waals surface area contributed by atoms with Crippen molar-refractivity contribution in [2.24, 2.45) is 5.92 Å². The summed E-state index contributed by atoms with van der Waals surface area (Å²) in [4.78, 5) is 30.2. The van der Waals surface area contributed by atoms with Crippen LogP contribution in [-0.2, 0) is 6.42 Å². The van der Waals surface area contributed by atoms with Gasteiger partial charge >= 0.3 is 0 Å². The van der Waals surface area contributed by atoms with Gasteiger partial charge < -0.3 is 21.7 Å². The number of hydrogen-bond donors (Lipinski definition) is 3. The fourth-order valence-corrected chi connectivity index (χ4v) is 5.74. The first-order chi connectivity index (χ1) is 19.5. The molecule has 5 N–H and O–H groups in total. The number of para-hydroxylation sites is 1. The number of aryl methyl sites for hydroxylation is 1. The summed E-state index contributed by atoms with van der Waals surface area (Å²) in [6.45, 7) is 3.36. The normalized spacial score (nSPS) is 16.2. The van der Waals surface area contributed by atoms with Crippen LogP contribution in [0.3, 0.4) is 0 Å². The maximum absolute atomic E-state index is 14.4. The van der Waals surface area contributed by atoms with Crippen molar-refractivity contribution < 1.29 is 0 Å². The first kappa shape index (κ1) is 25.8. The molecule has 0 amide bonds. The second-order valence-corrected chi connectivity index (χ2v) is 10.7. The molecule has 1 atom stereocenters.